The van der Waals surface area contributed by atoms with Gasteiger partial charge < -0.3 is 4.74 Å². The van der Waals surface area contributed by atoms with Gasteiger partial charge in [0.15, 0.2) is 0 Å². The summed E-state index contributed by atoms with van der Waals surface area (Å²) >= 11 is 3.86. The Kier molecular flexibility index (Phi) is 18.8. The van der Waals surface area contributed by atoms with Gasteiger partial charge in [-0.3, -0.25) is 0 Å². The molecule has 0 radical (unpaired) electrons. The molecule has 0 fully saturated rings. The van der Waals surface area contributed by atoms with E-state index < -0.39 is 6.69 Å². The van der Waals surface area contributed by atoms with Gasteiger partial charge in [0.2, 0.25) is 0 Å². The van der Waals surface area contributed by atoms with Crippen molar-refractivity contribution in [2.75, 3.05) is 0 Å². The molecule has 4 heteroatoms. The van der Waals surface area contributed by atoms with Crippen LogP contribution in [0.25, 0.3) is 0 Å². The summed E-state index contributed by atoms with van der Waals surface area (Å²) in [6.45, 7) is 9.21. The van der Waals surface area contributed by atoms with E-state index in [2.05, 4.69) is 35.0 Å². The first-order valence-corrected chi connectivity index (χ1v) is 17.3. The fraction of sp³-hybridized carbons (Fsp3) is 0.875. The molecule has 0 aliphatic heterocycles. The summed E-state index contributed by atoms with van der Waals surface area (Å²) in [6, 6.07) is 1.43. The SMILES string of the molecule is C=CC(=O)OC(C)CCCCCCCCCCCCCCCCC[Si](C)(C)Br. The zero-order valence-corrected chi connectivity index (χ0v) is 21.7. The molecule has 0 aliphatic rings. The molecule has 0 aliphatic carbocycles. The second kappa shape index (κ2) is 18.9. The topological polar surface area (TPSA) is 26.3 Å². The predicted molar refractivity (Wildman–Crippen MR) is 131 cm³/mol. The molecule has 166 valence electrons. The fourth-order valence-electron chi connectivity index (χ4n) is 3.58. The van der Waals surface area contributed by atoms with E-state index in [0.717, 1.165) is 12.8 Å². The number of ether oxygens (including phenoxy) is 1. The average Bonchev–Trinajstić information content (AvgIpc) is 2.63. The third-order valence-corrected chi connectivity index (χ3v) is 8.10. The molecule has 0 aromatic rings. The minimum absolute atomic E-state index is 0.0219. The molecule has 0 bridgehead atoms. The number of rotatable bonds is 20. The first kappa shape index (κ1) is 27.9. The van der Waals surface area contributed by atoms with Crippen LogP contribution in [0.3, 0.4) is 0 Å². The molecule has 0 rings (SSSR count). The third-order valence-electron chi connectivity index (χ3n) is 5.37. The highest BCUT2D eigenvalue weighted by atomic mass is 79.9. The molecule has 2 nitrogen and oxygen atoms in total. The normalized spacial score (nSPS) is 12.7. The van der Waals surface area contributed by atoms with E-state index in [1.165, 1.54) is 102 Å². The van der Waals surface area contributed by atoms with Gasteiger partial charge in [0.05, 0.1) is 6.10 Å². The van der Waals surface area contributed by atoms with Gasteiger partial charge in [0.25, 0.3) is 0 Å². The Morgan fingerprint density at radius 3 is 1.54 bits per heavy atom. The quantitative estimate of drug-likeness (QED) is 0.0577. The van der Waals surface area contributed by atoms with Crippen molar-refractivity contribution in [2.45, 2.75) is 135 Å². The maximum atomic E-state index is 11.1. The van der Waals surface area contributed by atoms with Gasteiger partial charge in [0.1, 0.15) is 6.69 Å². The van der Waals surface area contributed by atoms with Crippen molar-refractivity contribution in [1.82, 2.24) is 0 Å². The summed E-state index contributed by atoms with van der Waals surface area (Å²) in [6.07, 6.45) is 23.0. The van der Waals surface area contributed by atoms with Crippen molar-refractivity contribution in [1.29, 1.82) is 0 Å². The number of hydrogen-bond donors (Lipinski definition) is 0. The molecular weight excluding hydrogens is 428 g/mol. The van der Waals surface area contributed by atoms with Crippen LogP contribution in [0.2, 0.25) is 19.1 Å². The van der Waals surface area contributed by atoms with Crippen LogP contribution in [0.15, 0.2) is 12.7 Å². The highest BCUT2D eigenvalue weighted by molar-refractivity contribution is 9.26. The van der Waals surface area contributed by atoms with Crippen LogP contribution in [0.1, 0.15) is 110 Å². The van der Waals surface area contributed by atoms with Crippen LogP contribution in [-0.2, 0) is 9.53 Å². The van der Waals surface area contributed by atoms with Gasteiger partial charge in [-0.2, -0.15) is 0 Å². The molecule has 1 unspecified atom stereocenters. The minimum atomic E-state index is -0.983. The van der Waals surface area contributed by atoms with E-state index in [0.29, 0.717) is 0 Å². The van der Waals surface area contributed by atoms with Crippen LogP contribution in [-0.4, -0.2) is 18.8 Å². The van der Waals surface area contributed by atoms with Crippen LogP contribution in [0.4, 0.5) is 0 Å². The van der Waals surface area contributed by atoms with E-state index >= 15 is 0 Å². The minimum Gasteiger partial charge on any atom is -0.460 e. The Morgan fingerprint density at radius 1 is 0.821 bits per heavy atom. The lowest BCUT2D eigenvalue weighted by molar-refractivity contribution is -0.142. The van der Waals surface area contributed by atoms with Gasteiger partial charge in [-0.25, -0.2) is 4.79 Å². The number of halogens is 1. The smallest absolute Gasteiger partial charge is 0.330 e. The average molecular weight is 476 g/mol. The molecule has 0 N–H and O–H groups in total. The molecule has 1 atom stereocenters. The summed E-state index contributed by atoms with van der Waals surface area (Å²) in [5.41, 5.74) is 0. The predicted octanol–water partition coefficient (Wildman–Crippen LogP) is 8.95. The Morgan fingerprint density at radius 2 is 1.18 bits per heavy atom. The maximum absolute atomic E-state index is 11.1. The van der Waals surface area contributed by atoms with Crippen LogP contribution >= 0.6 is 15.3 Å². The molecule has 0 saturated heterocycles. The zero-order valence-electron chi connectivity index (χ0n) is 19.1. The summed E-state index contributed by atoms with van der Waals surface area (Å²) in [7, 11) is 0. The van der Waals surface area contributed by atoms with Gasteiger partial charge in [-0.15, -0.1) is 15.3 Å². The largest absolute Gasteiger partial charge is 0.460 e. The molecule has 0 heterocycles. The summed E-state index contributed by atoms with van der Waals surface area (Å²) in [5.74, 6) is -0.303. The van der Waals surface area contributed by atoms with Gasteiger partial charge >= 0.3 is 5.97 Å². The second-order valence-corrected chi connectivity index (χ2v) is 19.4. The van der Waals surface area contributed by atoms with E-state index in [1.54, 1.807) is 0 Å². The van der Waals surface area contributed by atoms with E-state index in [1.807, 2.05) is 6.92 Å². The Labute approximate surface area is 184 Å². The second-order valence-electron chi connectivity index (χ2n) is 9.01. The maximum Gasteiger partial charge on any atom is 0.330 e. The van der Waals surface area contributed by atoms with Gasteiger partial charge in [-0.1, -0.05) is 110 Å². The van der Waals surface area contributed by atoms with Crippen molar-refractivity contribution in [3.63, 3.8) is 0 Å². The molecule has 0 spiro atoms. The lowest BCUT2D eigenvalue weighted by Crippen LogP contribution is -2.13. The number of carbonyl (C=O) groups excluding carboxylic acids is 1. The van der Waals surface area contributed by atoms with Crippen molar-refractivity contribution >= 4 is 28.0 Å². The molecular formula is C24H47BrO2Si. The van der Waals surface area contributed by atoms with Crippen molar-refractivity contribution in [3.05, 3.63) is 12.7 Å². The molecule has 0 aromatic heterocycles. The molecule has 0 saturated carbocycles. The van der Waals surface area contributed by atoms with Gasteiger partial charge in [0, 0.05) is 6.08 Å². The summed E-state index contributed by atoms with van der Waals surface area (Å²) < 4.78 is 5.18. The lowest BCUT2D eigenvalue weighted by Gasteiger charge is -2.12. The first-order chi connectivity index (χ1) is 13.3. The highest BCUT2D eigenvalue weighted by Gasteiger charge is 2.14. The first-order valence-electron chi connectivity index (χ1n) is 11.9. The summed E-state index contributed by atoms with van der Waals surface area (Å²) in [5, 5.41) is 0. The number of carbonyl (C=O) groups is 1. The number of esters is 1. The fourth-order valence-corrected chi connectivity index (χ4v) is 5.51. The molecule has 28 heavy (non-hydrogen) atoms. The summed E-state index contributed by atoms with van der Waals surface area (Å²) in [4.78, 5) is 11.1. The van der Waals surface area contributed by atoms with Crippen molar-refractivity contribution in [3.8, 4) is 0 Å². The Balaban J connectivity index is 3.16. The van der Waals surface area contributed by atoms with E-state index in [9.17, 15) is 4.79 Å². The Hall–Kier alpha value is -0.0931. The van der Waals surface area contributed by atoms with Crippen LogP contribution < -0.4 is 0 Å². The van der Waals surface area contributed by atoms with Crippen molar-refractivity contribution in [2.24, 2.45) is 0 Å². The monoisotopic (exact) mass is 474 g/mol. The van der Waals surface area contributed by atoms with E-state index in [4.69, 9.17) is 4.74 Å². The standard InChI is InChI=1S/C24H47BrO2Si/c1-5-24(26)27-23(2)21-19-17-15-13-11-9-7-6-8-10-12-14-16-18-20-22-28(3,4)25/h5,23H,1,6-22H2,2-4H3. The molecule has 0 aromatic carbocycles. The van der Waals surface area contributed by atoms with Crippen LogP contribution in [0.5, 0.6) is 0 Å². The van der Waals surface area contributed by atoms with Crippen molar-refractivity contribution < 1.29 is 9.53 Å². The highest BCUT2D eigenvalue weighted by Crippen LogP contribution is 2.21. The lowest BCUT2D eigenvalue weighted by atomic mass is 10.0. The third kappa shape index (κ3) is 22.2. The number of unbranched alkanes of at least 4 members (excludes halogenated alkanes) is 14. The number of hydrogen-bond acceptors (Lipinski definition) is 2. The zero-order chi connectivity index (χ0) is 21.1. The van der Waals surface area contributed by atoms with Gasteiger partial charge in [-0.05, 0) is 25.8 Å². The molecule has 0 amide bonds. The van der Waals surface area contributed by atoms with E-state index in [-0.39, 0.29) is 12.1 Å². The van der Waals surface area contributed by atoms with Crippen LogP contribution in [0, 0.1) is 0 Å². The Bertz CT molecular complexity index is 379.